The number of benzene rings is 1. The molecule has 0 unspecified atom stereocenters. The highest BCUT2D eigenvalue weighted by atomic mass is 32.2. The van der Waals surface area contributed by atoms with E-state index < -0.39 is 0 Å². The normalized spacial score (nSPS) is 10.7. The van der Waals surface area contributed by atoms with Gasteiger partial charge in [0.1, 0.15) is 11.3 Å². The third-order valence-corrected chi connectivity index (χ3v) is 4.39. The van der Waals surface area contributed by atoms with Crippen LogP contribution in [0.4, 0.5) is 0 Å². The molecule has 7 heteroatoms. The number of nitrogen functional groups attached to an aromatic ring is 1. The summed E-state index contributed by atoms with van der Waals surface area (Å²) in [6.45, 7) is 0. The molecule has 1 aromatic carbocycles. The fraction of sp³-hybridized carbons (Fsp3) is 0.0833. The van der Waals surface area contributed by atoms with E-state index in [1.165, 1.54) is 22.8 Å². The number of nitrogens with zero attached hydrogens (tertiary/aromatic N) is 4. The van der Waals surface area contributed by atoms with Crippen molar-refractivity contribution in [2.75, 3.05) is 5.84 Å². The van der Waals surface area contributed by atoms with E-state index >= 15 is 0 Å². The highest BCUT2D eigenvalue weighted by Crippen LogP contribution is 2.26. The Balaban J connectivity index is 1.70. The zero-order chi connectivity index (χ0) is 13.1. The van der Waals surface area contributed by atoms with Gasteiger partial charge in [-0.25, -0.2) is 9.66 Å². The Hall–Kier alpha value is -1.86. The summed E-state index contributed by atoms with van der Waals surface area (Å²) in [5, 5.41) is 11.4. The minimum absolute atomic E-state index is 0.689. The molecule has 0 saturated carbocycles. The molecule has 0 aliphatic heterocycles. The standard InChI is InChI=1S/C12H11N5S2/c13-17-8-14-16-12(17)19-7-10-6-18-11(15-10)9-4-2-1-3-5-9/h1-6,8H,7,13H2. The number of thiazole rings is 1. The number of thioether (sulfide) groups is 1. The van der Waals surface area contributed by atoms with Gasteiger partial charge in [-0.1, -0.05) is 42.1 Å². The first-order valence-electron chi connectivity index (χ1n) is 5.60. The van der Waals surface area contributed by atoms with Crippen molar-refractivity contribution >= 4 is 23.1 Å². The summed E-state index contributed by atoms with van der Waals surface area (Å²) in [5.41, 5.74) is 2.17. The molecule has 96 valence electrons. The molecule has 0 fully saturated rings. The molecule has 3 rings (SSSR count). The van der Waals surface area contributed by atoms with Crippen LogP contribution in [0.15, 0.2) is 47.2 Å². The van der Waals surface area contributed by atoms with Crippen LogP contribution in [0, 0.1) is 0 Å². The maximum absolute atomic E-state index is 5.65. The van der Waals surface area contributed by atoms with Gasteiger partial charge < -0.3 is 5.84 Å². The summed E-state index contributed by atoms with van der Waals surface area (Å²) in [7, 11) is 0. The van der Waals surface area contributed by atoms with E-state index in [0.29, 0.717) is 5.16 Å². The van der Waals surface area contributed by atoms with Crippen molar-refractivity contribution in [3.05, 3.63) is 47.7 Å². The maximum atomic E-state index is 5.65. The Labute approximate surface area is 118 Å². The van der Waals surface area contributed by atoms with Crippen molar-refractivity contribution in [3.63, 3.8) is 0 Å². The smallest absolute Gasteiger partial charge is 0.209 e. The highest BCUT2D eigenvalue weighted by molar-refractivity contribution is 7.98. The van der Waals surface area contributed by atoms with Crippen LogP contribution in [0.2, 0.25) is 0 Å². The molecule has 0 aliphatic rings. The number of nitrogens with two attached hydrogens (primary N) is 1. The van der Waals surface area contributed by atoms with Crippen molar-refractivity contribution in [2.45, 2.75) is 10.9 Å². The summed E-state index contributed by atoms with van der Waals surface area (Å²) in [6.07, 6.45) is 1.48. The number of hydrogen-bond acceptors (Lipinski definition) is 6. The SMILES string of the molecule is Nn1cnnc1SCc1csc(-c2ccccc2)n1. The molecular formula is C12H11N5S2. The molecule has 2 N–H and O–H groups in total. The molecule has 0 aliphatic carbocycles. The molecule has 3 aromatic rings. The predicted octanol–water partition coefficient (Wildman–Crippen LogP) is 2.41. The van der Waals surface area contributed by atoms with Gasteiger partial charge in [0.25, 0.3) is 0 Å². The molecule has 5 nitrogen and oxygen atoms in total. The maximum Gasteiger partial charge on any atom is 0.209 e. The molecule has 0 bridgehead atoms. The minimum atomic E-state index is 0.689. The van der Waals surface area contributed by atoms with Crippen LogP contribution in [0.1, 0.15) is 5.69 Å². The zero-order valence-corrected chi connectivity index (χ0v) is 11.6. The lowest BCUT2D eigenvalue weighted by Gasteiger charge is -1.97. The van der Waals surface area contributed by atoms with Crippen molar-refractivity contribution in [1.82, 2.24) is 19.9 Å². The van der Waals surface area contributed by atoms with Crippen LogP contribution >= 0.6 is 23.1 Å². The van der Waals surface area contributed by atoms with Gasteiger partial charge in [-0.05, 0) is 0 Å². The van der Waals surface area contributed by atoms with Gasteiger partial charge in [0.05, 0.1) is 5.69 Å². The Morgan fingerprint density at radius 3 is 2.84 bits per heavy atom. The Morgan fingerprint density at radius 1 is 1.26 bits per heavy atom. The summed E-state index contributed by atoms with van der Waals surface area (Å²) in [5.74, 6) is 6.39. The fourth-order valence-electron chi connectivity index (χ4n) is 1.56. The Morgan fingerprint density at radius 2 is 2.11 bits per heavy atom. The lowest BCUT2D eigenvalue weighted by Crippen LogP contribution is -2.07. The molecular weight excluding hydrogens is 278 g/mol. The average molecular weight is 289 g/mol. The van der Waals surface area contributed by atoms with Gasteiger partial charge in [-0.15, -0.1) is 21.5 Å². The molecule has 0 radical (unpaired) electrons. The molecule has 0 amide bonds. The van der Waals surface area contributed by atoms with Gasteiger partial charge in [-0.2, -0.15) is 0 Å². The third-order valence-electron chi connectivity index (χ3n) is 2.46. The van der Waals surface area contributed by atoms with E-state index in [1.54, 1.807) is 11.3 Å². The second-order valence-electron chi connectivity index (χ2n) is 3.82. The van der Waals surface area contributed by atoms with Gasteiger partial charge in [0.2, 0.25) is 5.16 Å². The van der Waals surface area contributed by atoms with Gasteiger partial charge >= 0.3 is 0 Å². The highest BCUT2D eigenvalue weighted by Gasteiger charge is 2.07. The summed E-state index contributed by atoms with van der Waals surface area (Å²) >= 11 is 3.17. The molecule has 0 spiro atoms. The average Bonchev–Trinajstić information content (AvgIpc) is 3.06. The largest absolute Gasteiger partial charge is 0.336 e. The van der Waals surface area contributed by atoms with E-state index in [9.17, 15) is 0 Å². The molecule has 2 aromatic heterocycles. The van der Waals surface area contributed by atoms with Crippen LogP contribution in [0.5, 0.6) is 0 Å². The van der Waals surface area contributed by atoms with E-state index in [4.69, 9.17) is 5.84 Å². The molecule has 2 heterocycles. The first-order valence-corrected chi connectivity index (χ1v) is 7.47. The van der Waals surface area contributed by atoms with Crippen molar-refractivity contribution < 1.29 is 0 Å². The summed E-state index contributed by atoms with van der Waals surface area (Å²) in [4.78, 5) is 4.61. The van der Waals surface area contributed by atoms with E-state index in [2.05, 4.69) is 32.7 Å². The first kappa shape index (κ1) is 12.2. The van der Waals surface area contributed by atoms with Crippen LogP contribution < -0.4 is 5.84 Å². The Kier molecular flexibility index (Phi) is 3.47. The lowest BCUT2D eigenvalue weighted by molar-refractivity contribution is 0.845. The van der Waals surface area contributed by atoms with E-state index in [1.807, 2.05) is 18.2 Å². The number of rotatable bonds is 4. The topological polar surface area (TPSA) is 69.6 Å². The van der Waals surface area contributed by atoms with Crippen LogP contribution in [-0.4, -0.2) is 19.9 Å². The van der Waals surface area contributed by atoms with Crippen LogP contribution in [-0.2, 0) is 5.75 Å². The Bertz CT molecular complexity index is 662. The quantitative estimate of drug-likeness (QED) is 0.590. The van der Waals surface area contributed by atoms with Gasteiger partial charge in [0, 0.05) is 16.7 Å². The fourth-order valence-corrected chi connectivity index (χ4v) is 3.22. The van der Waals surface area contributed by atoms with Crippen molar-refractivity contribution in [3.8, 4) is 10.6 Å². The number of hydrogen-bond donors (Lipinski definition) is 1. The monoisotopic (exact) mass is 289 g/mol. The van der Waals surface area contributed by atoms with Crippen LogP contribution in [0.3, 0.4) is 0 Å². The number of aromatic nitrogens is 4. The molecule has 0 saturated heterocycles. The molecule has 19 heavy (non-hydrogen) atoms. The van der Waals surface area contributed by atoms with Crippen molar-refractivity contribution in [2.24, 2.45) is 0 Å². The van der Waals surface area contributed by atoms with Gasteiger partial charge in [-0.3, -0.25) is 0 Å². The lowest BCUT2D eigenvalue weighted by atomic mass is 10.2. The zero-order valence-electron chi connectivity index (χ0n) is 9.93. The summed E-state index contributed by atoms with van der Waals surface area (Å²) < 4.78 is 1.41. The van der Waals surface area contributed by atoms with E-state index in [-0.39, 0.29) is 0 Å². The van der Waals surface area contributed by atoms with Gasteiger partial charge in [0.15, 0.2) is 0 Å². The second-order valence-corrected chi connectivity index (χ2v) is 5.62. The third kappa shape index (κ3) is 2.77. The van der Waals surface area contributed by atoms with Crippen molar-refractivity contribution in [1.29, 1.82) is 0 Å². The predicted molar refractivity (Wildman–Crippen MR) is 77.3 cm³/mol. The summed E-state index contributed by atoms with van der Waals surface area (Å²) in [6, 6.07) is 10.2. The van der Waals surface area contributed by atoms with Crippen LogP contribution in [0.25, 0.3) is 10.6 Å². The second kappa shape index (κ2) is 5.41. The molecule has 0 atom stereocenters. The van der Waals surface area contributed by atoms with E-state index in [0.717, 1.165) is 22.0 Å². The first-order chi connectivity index (χ1) is 9.33. The minimum Gasteiger partial charge on any atom is -0.336 e.